The molecule has 1 heterocycles. The molecule has 3 nitrogen and oxygen atoms in total. The standard InChI is InChI=1S/C9H15N3/c1-8(2)3-5-12-6-4-9(7-10)11-12/h4,6H,1,3,5,7,10H2,2H3. The highest BCUT2D eigenvalue weighted by Gasteiger charge is 1.95. The van der Waals surface area contributed by atoms with Crippen LogP contribution in [0.25, 0.3) is 0 Å². The third-order valence-corrected chi connectivity index (χ3v) is 1.67. The van der Waals surface area contributed by atoms with Crippen LogP contribution in [-0.2, 0) is 13.1 Å². The Balaban J connectivity index is 2.47. The van der Waals surface area contributed by atoms with Crippen molar-refractivity contribution < 1.29 is 0 Å². The molecule has 1 rings (SSSR count). The zero-order valence-corrected chi connectivity index (χ0v) is 7.45. The van der Waals surface area contributed by atoms with E-state index in [-0.39, 0.29) is 0 Å². The van der Waals surface area contributed by atoms with Gasteiger partial charge in [-0.2, -0.15) is 5.10 Å². The van der Waals surface area contributed by atoms with Crippen molar-refractivity contribution in [2.75, 3.05) is 0 Å². The molecule has 0 aliphatic rings. The molecule has 0 atom stereocenters. The highest BCUT2D eigenvalue weighted by molar-refractivity contribution is 4.98. The third-order valence-electron chi connectivity index (χ3n) is 1.67. The van der Waals surface area contributed by atoms with E-state index >= 15 is 0 Å². The van der Waals surface area contributed by atoms with Gasteiger partial charge in [0.2, 0.25) is 0 Å². The van der Waals surface area contributed by atoms with Gasteiger partial charge in [0, 0.05) is 19.3 Å². The van der Waals surface area contributed by atoms with Crippen molar-refractivity contribution in [3.05, 3.63) is 30.1 Å². The van der Waals surface area contributed by atoms with Crippen LogP contribution >= 0.6 is 0 Å². The van der Waals surface area contributed by atoms with Crippen LogP contribution < -0.4 is 5.73 Å². The normalized spacial score (nSPS) is 10.2. The lowest BCUT2D eigenvalue weighted by Crippen LogP contribution is -2.02. The summed E-state index contributed by atoms with van der Waals surface area (Å²) in [6.45, 7) is 7.26. The number of nitrogens with two attached hydrogens (primary N) is 1. The second-order valence-electron chi connectivity index (χ2n) is 2.98. The largest absolute Gasteiger partial charge is 0.325 e. The first-order chi connectivity index (χ1) is 5.72. The zero-order chi connectivity index (χ0) is 8.97. The molecule has 0 amide bonds. The number of hydrogen-bond donors (Lipinski definition) is 1. The van der Waals surface area contributed by atoms with E-state index < -0.39 is 0 Å². The molecule has 0 saturated carbocycles. The molecular weight excluding hydrogens is 150 g/mol. The third kappa shape index (κ3) is 2.51. The summed E-state index contributed by atoms with van der Waals surface area (Å²) in [5.41, 5.74) is 7.55. The first kappa shape index (κ1) is 9.00. The summed E-state index contributed by atoms with van der Waals surface area (Å²) in [6.07, 6.45) is 2.93. The van der Waals surface area contributed by atoms with Gasteiger partial charge in [-0.15, -0.1) is 6.58 Å². The van der Waals surface area contributed by atoms with E-state index in [0.717, 1.165) is 18.7 Å². The van der Waals surface area contributed by atoms with Crippen LogP contribution in [-0.4, -0.2) is 9.78 Å². The van der Waals surface area contributed by atoms with Gasteiger partial charge in [0.1, 0.15) is 0 Å². The average Bonchev–Trinajstić information content (AvgIpc) is 2.48. The molecular formula is C9H15N3. The number of aryl methyl sites for hydroxylation is 1. The number of allylic oxidation sites excluding steroid dienone is 1. The Kier molecular flexibility index (Phi) is 3.05. The van der Waals surface area contributed by atoms with Crippen LogP contribution in [0.3, 0.4) is 0 Å². The maximum absolute atomic E-state index is 5.43. The Morgan fingerprint density at radius 1 is 1.75 bits per heavy atom. The van der Waals surface area contributed by atoms with E-state index in [1.165, 1.54) is 5.57 Å². The van der Waals surface area contributed by atoms with Gasteiger partial charge in [-0.1, -0.05) is 5.57 Å². The van der Waals surface area contributed by atoms with E-state index in [4.69, 9.17) is 5.73 Å². The summed E-state index contributed by atoms with van der Waals surface area (Å²) in [7, 11) is 0. The number of hydrogen-bond acceptors (Lipinski definition) is 2. The smallest absolute Gasteiger partial charge is 0.0760 e. The van der Waals surface area contributed by atoms with Crippen LogP contribution in [0.2, 0.25) is 0 Å². The maximum atomic E-state index is 5.43. The maximum Gasteiger partial charge on any atom is 0.0760 e. The second-order valence-corrected chi connectivity index (χ2v) is 2.98. The summed E-state index contributed by atoms with van der Waals surface area (Å²) < 4.78 is 1.90. The molecule has 0 spiro atoms. The summed E-state index contributed by atoms with van der Waals surface area (Å²) >= 11 is 0. The van der Waals surface area contributed by atoms with Gasteiger partial charge in [0.05, 0.1) is 5.69 Å². The Morgan fingerprint density at radius 3 is 3.00 bits per heavy atom. The minimum absolute atomic E-state index is 0.514. The topological polar surface area (TPSA) is 43.8 Å². The average molecular weight is 165 g/mol. The van der Waals surface area contributed by atoms with Crippen molar-refractivity contribution in [2.24, 2.45) is 5.73 Å². The molecule has 66 valence electrons. The van der Waals surface area contributed by atoms with Crippen molar-refractivity contribution in [1.29, 1.82) is 0 Å². The summed E-state index contributed by atoms with van der Waals surface area (Å²) in [5, 5.41) is 4.25. The molecule has 0 bridgehead atoms. The first-order valence-corrected chi connectivity index (χ1v) is 4.09. The van der Waals surface area contributed by atoms with Crippen LogP contribution in [0.15, 0.2) is 24.4 Å². The van der Waals surface area contributed by atoms with Gasteiger partial charge in [-0.25, -0.2) is 0 Å². The predicted molar refractivity (Wildman–Crippen MR) is 49.5 cm³/mol. The lowest BCUT2D eigenvalue weighted by Gasteiger charge is -1.99. The molecule has 0 fully saturated rings. The van der Waals surface area contributed by atoms with Gasteiger partial charge >= 0.3 is 0 Å². The fourth-order valence-electron chi connectivity index (χ4n) is 0.943. The van der Waals surface area contributed by atoms with Crippen molar-refractivity contribution in [3.8, 4) is 0 Å². The van der Waals surface area contributed by atoms with Crippen LogP contribution in [0, 0.1) is 0 Å². The highest BCUT2D eigenvalue weighted by atomic mass is 15.3. The minimum atomic E-state index is 0.514. The van der Waals surface area contributed by atoms with Crippen molar-refractivity contribution in [2.45, 2.75) is 26.4 Å². The Labute approximate surface area is 72.9 Å². The summed E-state index contributed by atoms with van der Waals surface area (Å²) in [6, 6.07) is 1.94. The zero-order valence-electron chi connectivity index (χ0n) is 7.45. The van der Waals surface area contributed by atoms with E-state index in [2.05, 4.69) is 11.7 Å². The molecule has 0 unspecified atom stereocenters. The molecule has 3 heteroatoms. The highest BCUT2D eigenvalue weighted by Crippen LogP contribution is 2.00. The Bertz CT molecular complexity index is 262. The molecule has 1 aromatic heterocycles. The fraction of sp³-hybridized carbons (Fsp3) is 0.444. The quantitative estimate of drug-likeness (QED) is 0.683. The van der Waals surface area contributed by atoms with Gasteiger partial charge in [-0.3, -0.25) is 4.68 Å². The molecule has 0 aliphatic carbocycles. The first-order valence-electron chi connectivity index (χ1n) is 4.09. The predicted octanol–water partition coefficient (Wildman–Crippen LogP) is 1.31. The lowest BCUT2D eigenvalue weighted by molar-refractivity contribution is 0.604. The molecule has 0 aromatic carbocycles. The molecule has 1 aromatic rings. The summed E-state index contributed by atoms with van der Waals surface area (Å²) in [4.78, 5) is 0. The molecule has 0 saturated heterocycles. The Morgan fingerprint density at radius 2 is 2.50 bits per heavy atom. The number of aromatic nitrogens is 2. The number of rotatable bonds is 4. The van der Waals surface area contributed by atoms with E-state index in [0.29, 0.717) is 6.54 Å². The molecule has 0 aliphatic heterocycles. The van der Waals surface area contributed by atoms with Gasteiger partial charge in [0.15, 0.2) is 0 Å². The van der Waals surface area contributed by atoms with E-state index in [9.17, 15) is 0 Å². The van der Waals surface area contributed by atoms with Crippen LogP contribution in [0.4, 0.5) is 0 Å². The summed E-state index contributed by atoms with van der Waals surface area (Å²) in [5.74, 6) is 0. The van der Waals surface area contributed by atoms with Gasteiger partial charge in [0.25, 0.3) is 0 Å². The minimum Gasteiger partial charge on any atom is -0.325 e. The Hall–Kier alpha value is -1.09. The second kappa shape index (κ2) is 4.07. The molecule has 0 radical (unpaired) electrons. The lowest BCUT2D eigenvalue weighted by atomic mass is 10.2. The van der Waals surface area contributed by atoms with Crippen molar-refractivity contribution >= 4 is 0 Å². The number of nitrogens with zero attached hydrogens (tertiary/aromatic N) is 2. The van der Waals surface area contributed by atoms with Crippen LogP contribution in [0.5, 0.6) is 0 Å². The van der Waals surface area contributed by atoms with Crippen LogP contribution in [0.1, 0.15) is 19.0 Å². The van der Waals surface area contributed by atoms with Crippen molar-refractivity contribution in [3.63, 3.8) is 0 Å². The van der Waals surface area contributed by atoms with E-state index in [1.807, 2.05) is 23.9 Å². The molecule has 2 N–H and O–H groups in total. The van der Waals surface area contributed by atoms with Crippen molar-refractivity contribution in [1.82, 2.24) is 9.78 Å². The van der Waals surface area contributed by atoms with E-state index in [1.54, 1.807) is 0 Å². The SMILES string of the molecule is C=C(C)CCn1ccc(CN)n1. The molecule has 12 heavy (non-hydrogen) atoms. The van der Waals surface area contributed by atoms with Gasteiger partial charge in [-0.05, 0) is 19.4 Å². The fourth-order valence-corrected chi connectivity index (χ4v) is 0.943. The monoisotopic (exact) mass is 165 g/mol. The van der Waals surface area contributed by atoms with Gasteiger partial charge < -0.3 is 5.73 Å².